The van der Waals surface area contributed by atoms with Gasteiger partial charge in [0.15, 0.2) is 5.96 Å². The zero-order valence-corrected chi connectivity index (χ0v) is 21.4. The number of amides is 1. The third kappa shape index (κ3) is 6.64. The third-order valence-electron chi connectivity index (χ3n) is 5.83. The van der Waals surface area contributed by atoms with E-state index in [1.165, 1.54) is 11.3 Å². The molecule has 30 heavy (non-hydrogen) atoms. The number of hydrogen-bond donors (Lipinski definition) is 2. The number of carbonyl (C=O) groups excluding carboxylic acids is 1. The molecule has 1 aromatic carbocycles. The van der Waals surface area contributed by atoms with Crippen LogP contribution in [0.1, 0.15) is 38.7 Å². The standard InChI is InChI=1S/C22H34ClN5O.HI/c1-4-21(29)28-11-9-19(15-28)26-22(24-5-2)25-13-17-8-10-27(14-17)20-12-18(23)7-6-16(20)3;/h6-7,12,17,19H,4-5,8-11,13-15H2,1-3H3,(H2,24,25,26);1H. The van der Waals surface area contributed by atoms with Crippen molar-refractivity contribution in [2.75, 3.05) is 44.2 Å². The lowest BCUT2D eigenvalue weighted by molar-refractivity contribution is -0.129. The zero-order valence-electron chi connectivity index (χ0n) is 18.3. The van der Waals surface area contributed by atoms with Gasteiger partial charge >= 0.3 is 0 Å². The van der Waals surface area contributed by atoms with Crippen LogP contribution in [-0.2, 0) is 4.79 Å². The summed E-state index contributed by atoms with van der Waals surface area (Å²) < 4.78 is 0. The first-order chi connectivity index (χ1) is 14.0. The largest absolute Gasteiger partial charge is 0.371 e. The number of nitrogens with zero attached hydrogens (tertiary/aromatic N) is 3. The lowest BCUT2D eigenvalue weighted by atomic mass is 10.1. The highest BCUT2D eigenvalue weighted by Crippen LogP contribution is 2.29. The predicted octanol–water partition coefficient (Wildman–Crippen LogP) is 3.66. The summed E-state index contributed by atoms with van der Waals surface area (Å²) >= 11 is 6.20. The van der Waals surface area contributed by atoms with Crippen LogP contribution in [-0.4, -0.2) is 62.1 Å². The number of aryl methyl sites for hydroxylation is 1. The maximum atomic E-state index is 11.9. The Labute approximate surface area is 202 Å². The summed E-state index contributed by atoms with van der Waals surface area (Å²) in [6.45, 7) is 11.4. The Morgan fingerprint density at radius 3 is 2.77 bits per heavy atom. The van der Waals surface area contributed by atoms with Crippen LogP contribution in [0.2, 0.25) is 5.02 Å². The molecule has 2 aliphatic rings. The molecule has 2 unspecified atom stereocenters. The normalized spacial score (nSPS) is 21.5. The van der Waals surface area contributed by atoms with Crippen molar-refractivity contribution in [3.8, 4) is 0 Å². The summed E-state index contributed by atoms with van der Waals surface area (Å²) in [5.41, 5.74) is 2.50. The van der Waals surface area contributed by atoms with E-state index in [-0.39, 0.29) is 35.9 Å². The van der Waals surface area contributed by atoms with E-state index in [2.05, 4.69) is 41.5 Å². The average Bonchev–Trinajstić information content (AvgIpc) is 3.37. The molecule has 2 N–H and O–H groups in total. The minimum atomic E-state index is 0. The van der Waals surface area contributed by atoms with E-state index in [1.807, 2.05) is 17.9 Å². The molecule has 3 rings (SSSR count). The number of rotatable bonds is 6. The molecule has 1 amide bonds. The molecule has 2 atom stereocenters. The maximum Gasteiger partial charge on any atom is 0.222 e. The van der Waals surface area contributed by atoms with Gasteiger partial charge < -0.3 is 20.4 Å². The number of likely N-dealkylation sites (tertiary alicyclic amines) is 1. The molecule has 8 heteroatoms. The topological polar surface area (TPSA) is 60.0 Å². The van der Waals surface area contributed by atoms with Gasteiger partial charge in [-0.05, 0) is 50.3 Å². The molecule has 6 nitrogen and oxygen atoms in total. The Morgan fingerprint density at radius 2 is 2.03 bits per heavy atom. The minimum absolute atomic E-state index is 0. The fourth-order valence-electron chi connectivity index (χ4n) is 4.19. The summed E-state index contributed by atoms with van der Waals surface area (Å²) in [4.78, 5) is 21.1. The summed E-state index contributed by atoms with van der Waals surface area (Å²) in [7, 11) is 0. The van der Waals surface area contributed by atoms with E-state index in [0.717, 1.165) is 63.1 Å². The molecule has 0 radical (unpaired) electrons. The molecule has 0 aliphatic carbocycles. The lowest BCUT2D eigenvalue weighted by Gasteiger charge is -2.21. The van der Waals surface area contributed by atoms with Crippen LogP contribution in [0.5, 0.6) is 0 Å². The van der Waals surface area contributed by atoms with E-state index in [1.54, 1.807) is 0 Å². The highest BCUT2D eigenvalue weighted by Gasteiger charge is 2.27. The number of nitrogens with one attached hydrogen (secondary N) is 2. The Balaban J connectivity index is 0.00000320. The van der Waals surface area contributed by atoms with Gasteiger partial charge in [0, 0.05) is 62.4 Å². The van der Waals surface area contributed by atoms with Crippen LogP contribution in [0.3, 0.4) is 0 Å². The van der Waals surface area contributed by atoms with Crippen molar-refractivity contribution in [3.05, 3.63) is 28.8 Å². The van der Waals surface area contributed by atoms with Gasteiger partial charge in [-0.15, -0.1) is 24.0 Å². The molecule has 0 saturated carbocycles. The number of aliphatic imine (C=N–C) groups is 1. The first kappa shape index (κ1) is 25.0. The molecule has 1 aromatic rings. The van der Waals surface area contributed by atoms with Gasteiger partial charge in [-0.2, -0.15) is 0 Å². The van der Waals surface area contributed by atoms with Crippen LogP contribution in [0.15, 0.2) is 23.2 Å². The monoisotopic (exact) mass is 547 g/mol. The van der Waals surface area contributed by atoms with Crippen LogP contribution in [0.25, 0.3) is 0 Å². The highest BCUT2D eigenvalue weighted by atomic mass is 127. The summed E-state index contributed by atoms with van der Waals surface area (Å²) in [6.07, 6.45) is 2.68. The first-order valence-electron chi connectivity index (χ1n) is 10.8. The van der Waals surface area contributed by atoms with Gasteiger partial charge in [0.1, 0.15) is 0 Å². The van der Waals surface area contributed by atoms with Crippen molar-refractivity contribution in [2.45, 2.75) is 46.1 Å². The fraction of sp³-hybridized carbons (Fsp3) is 0.636. The molecule has 2 saturated heterocycles. The Morgan fingerprint density at radius 1 is 1.23 bits per heavy atom. The summed E-state index contributed by atoms with van der Waals surface area (Å²) in [5.74, 6) is 1.63. The SMILES string of the molecule is CCNC(=NCC1CCN(c2cc(Cl)ccc2C)C1)NC1CCN(C(=O)CC)C1.I. The molecule has 0 bridgehead atoms. The molecule has 2 aliphatic heterocycles. The number of hydrogen-bond acceptors (Lipinski definition) is 3. The lowest BCUT2D eigenvalue weighted by Crippen LogP contribution is -2.45. The fourth-order valence-corrected chi connectivity index (χ4v) is 4.35. The zero-order chi connectivity index (χ0) is 20.8. The number of benzene rings is 1. The summed E-state index contributed by atoms with van der Waals surface area (Å²) in [6, 6.07) is 6.38. The van der Waals surface area contributed by atoms with E-state index in [4.69, 9.17) is 16.6 Å². The van der Waals surface area contributed by atoms with Crippen molar-refractivity contribution in [2.24, 2.45) is 10.9 Å². The van der Waals surface area contributed by atoms with E-state index in [0.29, 0.717) is 12.3 Å². The molecular formula is C22H35ClIN5O. The summed E-state index contributed by atoms with van der Waals surface area (Å²) in [5, 5.41) is 7.67. The molecule has 2 fully saturated rings. The number of guanidine groups is 1. The van der Waals surface area contributed by atoms with Gasteiger partial charge in [-0.25, -0.2) is 0 Å². The van der Waals surface area contributed by atoms with Gasteiger partial charge in [-0.3, -0.25) is 9.79 Å². The molecular weight excluding hydrogens is 513 g/mol. The van der Waals surface area contributed by atoms with Gasteiger partial charge in [0.05, 0.1) is 0 Å². The van der Waals surface area contributed by atoms with E-state index >= 15 is 0 Å². The molecule has 0 aromatic heterocycles. The quantitative estimate of drug-likeness (QED) is 0.324. The van der Waals surface area contributed by atoms with Gasteiger partial charge in [0.2, 0.25) is 5.91 Å². The van der Waals surface area contributed by atoms with Crippen LogP contribution in [0.4, 0.5) is 5.69 Å². The van der Waals surface area contributed by atoms with Crippen molar-refractivity contribution >= 4 is 53.1 Å². The van der Waals surface area contributed by atoms with Crippen molar-refractivity contribution in [1.29, 1.82) is 0 Å². The van der Waals surface area contributed by atoms with E-state index in [9.17, 15) is 4.79 Å². The number of anilines is 1. The Bertz CT molecular complexity index is 744. The number of halogens is 2. The molecule has 168 valence electrons. The van der Waals surface area contributed by atoms with Crippen molar-refractivity contribution in [1.82, 2.24) is 15.5 Å². The second-order valence-electron chi connectivity index (χ2n) is 8.07. The second-order valence-corrected chi connectivity index (χ2v) is 8.51. The number of carbonyl (C=O) groups is 1. The van der Waals surface area contributed by atoms with Gasteiger partial charge in [0.25, 0.3) is 0 Å². The van der Waals surface area contributed by atoms with Crippen molar-refractivity contribution < 1.29 is 4.79 Å². The van der Waals surface area contributed by atoms with Crippen LogP contribution in [0, 0.1) is 12.8 Å². The maximum absolute atomic E-state index is 11.9. The van der Waals surface area contributed by atoms with Crippen LogP contribution < -0.4 is 15.5 Å². The van der Waals surface area contributed by atoms with Crippen LogP contribution >= 0.6 is 35.6 Å². The Kier molecular flexibility index (Phi) is 10.0. The van der Waals surface area contributed by atoms with Gasteiger partial charge in [-0.1, -0.05) is 24.6 Å². The first-order valence-corrected chi connectivity index (χ1v) is 11.2. The predicted molar refractivity (Wildman–Crippen MR) is 136 cm³/mol. The van der Waals surface area contributed by atoms with E-state index < -0.39 is 0 Å². The second kappa shape index (κ2) is 12.0. The Hall–Kier alpha value is -1.22. The average molecular weight is 548 g/mol. The van der Waals surface area contributed by atoms with Crippen molar-refractivity contribution in [3.63, 3.8) is 0 Å². The third-order valence-corrected chi connectivity index (χ3v) is 6.07. The minimum Gasteiger partial charge on any atom is -0.371 e. The molecule has 2 heterocycles. The molecule has 0 spiro atoms. The smallest absolute Gasteiger partial charge is 0.222 e. The highest BCUT2D eigenvalue weighted by molar-refractivity contribution is 14.0.